The van der Waals surface area contributed by atoms with Crippen LogP contribution in [-0.4, -0.2) is 45.2 Å². The molecule has 0 unspecified atom stereocenters. The lowest BCUT2D eigenvalue weighted by Gasteiger charge is -2.23. The van der Waals surface area contributed by atoms with Gasteiger partial charge in [-0.3, -0.25) is 9.89 Å². The van der Waals surface area contributed by atoms with E-state index in [0.29, 0.717) is 23.0 Å². The van der Waals surface area contributed by atoms with Gasteiger partial charge in [-0.2, -0.15) is 5.10 Å². The standard InChI is InChI=1S/C20H24N6O/c1-11-17(20(27)22-14-6-8-21-9-7-14)18(26-25-11)19-23-15-5-4-13(12-2-3-12)10-16(15)24-19/h4-5,10,12,14,21H,2-3,6-9H2,1H3,(H,22,27)(H,23,24)(H,25,26). The van der Waals surface area contributed by atoms with Crippen LogP contribution in [0.2, 0.25) is 0 Å². The maximum Gasteiger partial charge on any atom is 0.255 e. The van der Waals surface area contributed by atoms with Crippen LogP contribution in [0.1, 0.15) is 53.2 Å². The number of aromatic amines is 2. The van der Waals surface area contributed by atoms with Gasteiger partial charge < -0.3 is 15.6 Å². The number of aromatic nitrogens is 4. The fourth-order valence-electron chi connectivity index (χ4n) is 3.91. The Morgan fingerprint density at radius 2 is 2.00 bits per heavy atom. The van der Waals surface area contributed by atoms with Gasteiger partial charge in [-0.15, -0.1) is 0 Å². The van der Waals surface area contributed by atoms with Crippen LogP contribution in [0.3, 0.4) is 0 Å². The molecule has 27 heavy (non-hydrogen) atoms. The smallest absolute Gasteiger partial charge is 0.255 e. The zero-order valence-electron chi connectivity index (χ0n) is 15.4. The molecule has 0 bridgehead atoms. The molecule has 3 heterocycles. The van der Waals surface area contributed by atoms with Gasteiger partial charge in [0.1, 0.15) is 5.69 Å². The zero-order chi connectivity index (χ0) is 18.4. The van der Waals surface area contributed by atoms with Gasteiger partial charge in [0, 0.05) is 11.7 Å². The van der Waals surface area contributed by atoms with Crippen molar-refractivity contribution < 1.29 is 4.79 Å². The second kappa shape index (κ2) is 6.49. The number of piperidine rings is 1. The molecule has 0 radical (unpaired) electrons. The van der Waals surface area contributed by atoms with Crippen LogP contribution in [0.15, 0.2) is 18.2 Å². The molecular formula is C20H24N6O. The second-order valence-corrected chi connectivity index (χ2v) is 7.71. The molecule has 1 saturated carbocycles. The predicted octanol–water partition coefficient (Wildman–Crippen LogP) is 2.62. The van der Waals surface area contributed by atoms with Crippen LogP contribution in [0.4, 0.5) is 0 Å². The molecule has 5 rings (SSSR count). The minimum absolute atomic E-state index is 0.0812. The molecule has 1 aromatic carbocycles. The maximum atomic E-state index is 12.9. The SMILES string of the molecule is Cc1[nH]nc(-c2nc3ccc(C4CC4)cc3[nH]2)c1C(=O)NC1CCNCC1. The number of rotatable bonds is 4. The summed E-state index contributed by atoms with van der Waals surface area (Å²) < 4.78 is 0. The number of amides is 1. The van der Waals surface area contributed by atoms with E-state index in [1.807, 2.05) is 6.92 Å². The zero-order valence-corrected chi connectivity index (χ0v) is 15.4. The quantitative estimate of drug-likeness (QED) is 0.572. The van der Waals surface area contributed by atoms with Crippen molar-refractivity contribution in [2.24, 2.45) is 0 Å². The molecule has 7 nitrogen and oxygen atoms in total. The van der Waals surface area contributed by atoms with Crippen LogP contribution in [0.5, 0.6) is 0 Å². The molecule has 1 amide bonds. The van der Waals surface area contributed by atoms with E-state index in [0.717, 1.165) is 42.7 Å². The van der Waals surface area contributed by atoms with Gasteiger partial charge in [0.15, 0.2) is 5.82 Å². The molecule has 7 heteroatoms. The summed E-state index contributed by atoms with van der Waals surface area (Å²) in [7, 11) is 0. The third-order valence-corrected chi connectivity index (χ3v) is 5.63. The van der Waals surface area contributed by atoms with Gasteiger partial charge in [-0.25, -0.2) is 4.98 Å². The lowest BCUT2D eigenvalue weighted by Crippen LogP contribution is -2.42. The summed E-state index contributed by atoms with van der Waals surface area (Å²) in [6.45, 7) is 3.76. The van der Waals surface area contributed by atoms with Gasteiger partial charge >= 0.3 is 0 Å². The Morgan fingerprint density at radius 3 is 2.78 bits per heavy atom. The molecular weight excluding hydrogens is 340 g/mol. The van der Waals surface area contributed by atoms with Gasteiger partial charge in [-0.1, -0.05) is 6.07 Å². The largest absolute Gasteiger partial charge is 0.349 e. The van der Waals surface area contributed by atoms with Crippen molar-refractivity contribution >= 4 is 16.9 Å². The van der Waals surface area contributed by atoms with Gasteiger partial charge in [-0.05, 0) is 69.3 Å². The molecule has 1 aliphatic heterocycles. The van der Waals surface area contributed by atoms with Gasteiger partial charge in [0.2, 0.25) is 0 Å². The molecule has 2 fully saturated rings. The van der Waals surface area contributed by atoms with Crippen LogP contribution >= 0.6 is 0 Å². The Labute approximate surface area is 157 Å². The Balaban J connectivity index is 1.46. The molecule has 0 spiro atoms. The molecule has 3 aromatic rings. The van der Waals surface area contributed by atoms with Gasteiger partial charge in [0.05, 0.1) is 16.6 Å². The first-order valence-electron chi connectivity index (χ1n) is 9.75. The van der Waals surface area contributed by atoms with E-state index in [2.05, 4.69) is 49.0 Å². The van der Waals surface area contributed by atoms with Crippen molar-refractivity contribution in [3.63, 3.8) is 0 Å². The summed E-state index contributed by atoms with van der Waals surface area (Å²) in [5.41, 5.74) is 5.19. The highest BCUT2D eigenvalue weighted by Gasteiger charge is 2.26. The molecule has 1 aliphatic carbocycles. The van der Waals surface area contributed by atoms with Crippen molar-refractivity contribution in [1.82, 2.24) is 30.8 Å². The van der Waals surface area contributed by atoms with E-state index in [9.17, 15) is 4.79 Å². The summed E-state index contributed by atoms with van der Waals surface area (Å²) in [5, 5.41) is 13.8. The Morgan fingerprint density at radius 1 is 1.19 bits per heavy atom. The normalized spacial score (nSPS) is 18.1. The molecule has 2 aliphatic rings. The van der Waals surface area contributed by atoms with Crippen LogP contribution in [0.25, 0.3) is 22.6 Å². The summed E-state index contributed by atoms with van der Waals surface area (Å²) in [6, 6.07) is 6.60. The number of hydrogen-bond acceptors (Lipinski definition) is 4. The molecule has 4 N–H and O–H groups in total. The van der Waals surface area contributed by atoms with E-state index in [1.165, 1.54) is 18.4 Å². The lowest BCUT2D eigenvalue weighted by molar-refractivity contribution is 0.0929. The summed E-state index contributed by atoms with van der Waals surface area (Å²) in [4.78, 5) is 21.0. The lowest BCUT2D eigenvalue weighted by atomic mass is 10.1. The summed E-state index contributed by atoms with van der Waals surface area (Å²) >= 11 is 0. The number of aryl methyl sites for hydroxylation is 1. The predicted molar refractivity (Wildman–Crippen MR) is 104 cm³/mol. The summed E-state index contributed by atoms with van der Waals surface area (Å²) in [6.07, 6.45) is 4.44. The number of nitrogens with one attached hydrogen (secondary N) is 4. The Kier molecular flexibility index (Phi) is 3.97. The van der Waals surface area contributed by atoms with Crippen LogP contribution < -0.4 is 10.6 Å². The maximum absolute atomic E-state index is 12.9. The number of nitrogens with zero attached hydrogens (tertiary/aromatic N) is 2. The third-order valence-electron chi connectivity index (χ3n) is 5.63. The second-order valence-electron chi connectivity index (χ2n) is 7.71. The number of fused-ring (bicyclic) bond motifs is 1. The topological polar surface area (TPSA) is 98.5 Å². The first kappa shape index (κ1) is 16.5. The highest BCUT2D eigenvalue weighted by molar-refractivity contribution is 6.01. The van der Waals surface area contributed by atoms with E-state index in [1.54, 1.807) is 0 Å². The molecule has 1 saturated heterocycles. The number of imidazole rings is 1. The fourth-order valence-corrected chi connectivity index (χ4v) is 3.91. The van der Waals surface area contributed by atoms with Crippen LogP contribution in [-0.2, 0) is 0 Å². The van der Waals surface area contributed by atoms with E-state index in [-0.39, 0.29) is 11.9 Å². The minimum Gasteiger partial charge on any atom is -0.349 e. The Bertz CT molecular complexity index is 993. The van der Waals surface area contributed by atoms with Crippen molar-refractivity contribution in [3.8, 4) is 11.5 Å². The van der Waals surface area contributed by atoms with Crippen molar-refractivity contribution in [2.75, 3.05) is 13.1 Å². The first-order valence-corrected chi connectivity index (χ1v) is 9.75. The number of hydrogen-bond donors (Lipinski definition) is 4. The van der Waals surface area contributed by atoms with E-state index < -0.39 is 0 Å². The number of H-pyrrole nitrogens is 2. The number of carbonyl (C=O) groups excluding carboxylic acids is 1. The monoisotopic (exact) mass is 364 g/mol. The van der Waals surface area contributed by atoms with Crippen molar-refractivity contribution in [2.45, 2.75) is 44.6 Å². The minimum atomic E-state index is -0.0812. The van der Waals surface area contributed by atoms with E-state index >= 15 is 0 Å². The fraction of sp³-hybridized carbons (Fsp3) is 0.450. The molecule has 2 aromatic heterocycles. The first-order chi connectivity index (χ1) is 13.2. The van der Waals surface area contributed by atoms with Crippen LogP contribution in [0, 0.1) is 6.92 Å². The molecule has 0 atom stereocenters. The van der Waals surface area contributed by atoms with Crippen molar-refractivity contribution in [3.05, 3.63) is 35.0 Å². The average Bonchev–Trinajstić information content (AvgIpc) is 3.32. The Hall–Kier alpha value is -2.67. The number of benzene rings is 1. The third kappa shape index (κ3) is 3.12. The highest BCUT2D eigenvalue weighted by atomic mass is 16.1. The van der Waals surface area contributed by atoms with E-state index in [4.69, 9.17) is 0 Å². The number of carbonyl (C=O) groups is 1. The van der Waals surface area contributed by atoms with Gasteiger partial charge in [0.25, 0.3) is 5.91 Å². The average molecular weight is 364 g/mol. The van der Waals surface area contributed by atoms with Crippen molar-refractivity contribution in [1.29, 1.82) is 0 Å². The highest BCUT2D eigenvalue weighted by Crippen LogP contribution is 2.40. The summed E-state index contributed by atoms with van der Waals surface area (Å²) in [5.74, 6) is 1.25. The molecule has 140 valence electrons.